The minimum atomic E-state index is -3.15. The van der Waals surface area contributed by atoms with Gasteiger partial charge in [0.1, 0.15) is 11.6 Å². The van der Waals surface area contributed by atoms with Crippen molar-refractivity contribution in [1.29, 1.82) is 0 Å². The van der Waals surface area contributed by atoms with Gasteiger partial charge < -0.3 is 15.2 Å². The summed E-state index contributed by atoms with van der Waals surface area (Å²) in [5.74, 6) is -2.68. The molecule has 0 bridgehead atoms. The molecule has 3 N–H and O–H groups in total. The molecule has 3 aromatic rings. The molecule has 2 aromatic heterocycles. The molecule has 0 radical (unpaired) electrons. The molecule has 9 heteroatoms. The number of methoxy groups -OCH3 is 1. The number of nitrogens with one attached hydrogen (secondary N) is 1. The predicted molar refractivity (Wildman–Crippen MR) is 87.7 cm³/mol. The summed E-state index contributed by atoms with van der Waals surface area (Å²) in [7, 11) is 1.42. The Kier molecular flexibility index (Phi) is 4.39. The lowest BCUT2D eigenvalue weighted by Gasteiger charge is -2.28. The zero-order valence-electron chi connectivity index (χ0n) is 13.7. The van der Waals surface area contributed by atoms with Gasteiger partial charge in [-0.05, 0) is 6.07 Å². The summed E-state index contributed by atoms with van der Waals surface area (Å²) >= 11 is 0. The second-order valence-electron chi connectivity index (χ2n) is 5.40. The molecule has 1 atom stereocenters. The summed E-state index contributed by atoms with van der Waals surface area (Å²) < 4.78 is 40.2. The molecule has 0 aliphatic rings. The maximum atomic E-state index is 14.7. The van der Waals surface area contributed by atoms with Crippen LogP contribution >= 0.6 is 0 Å². The summed E-state index contributed by atoms with van der Waals surface area (Å²) in [6.45, 7) is 1.39. The first-order valence-electron chi connectivity index (χ1n) is 7.60. The Labute approximate surface area is 142 Å². The Bertz CT molecular complexity index is 884. The number of ether oxygens (including phenoxy) is 2. The van der Waals surface area contributed by atoms with Gasteiger partial charge in [0.15, 0.2) is 17.4 Å². The largest absolute Gasteiger partial charge is 0.496 e. The highest BCUT2D eigenvalue weighted by molar-refractivity contribution is 5.79. The lowest BCUT2D eigenvalue weighted by molar-refractivity contribution is -0.101. The number of para-hydroxylation sites is 1. The van der Waals surface area contributed by atoms with Crippen molar-refractivity contribution in [2.45, 2.75) is 25.4 Å². The van der Waals surface area contributed by atoms with Crippen LogP contribution in [0.1, 0.15) is 25.0 Å². The third-order valence-electron chi connectivity index (χ3n) is 3.80. The monoisotopic (exact) mass is 349 g/mol. The van der Waals surface area contributed by atoms with Crippen molar-refractivity contribution in [3.05, 3.63) is 35.9 Å². The van der Waals surface area contributed by atoms with Crippen LogP contribution in [0.2, 0.25) is 0 Å². The van der Waals surface area contributed by atoms with Crippen molar-refractivity contribution in [3.8, 4) is 11.5 Å². The van der Waals surface area contributed by atoms with Gasteiger partial charge in [0.05, 0.1) is 7.11 Å². The van der Waals surface area contributed by atoms with Crippen molar-refractivity contribution in [3.63, 3.8) is 0 Å². The molecule has 0 aliphatic heterocycles. The number of anilines is 1. The molecular weight excluding hydrogens is 332 g/mol. The number of H-pyrrole nitrogens is 1. The molecule has 0 saturated heterocycles. The summed E-state index contributed by atoms with van der Waals surface area (Å²) in [4.78, 5) is 3.97. The van der Waals surface area contributed by atoms with Crippen LogP contribution in [0.5, 0.6) is 11.5 Å². The molecule has 25 heavy (non-hydrogen) atoms. The number of halogens is 2. The molecule has 1 unspecified atom stereocenters. The van der Waals surface area contributed by atoms with Gasteiger partial charge >= 0.3 is 0 Å². The average Bonchev–Trinajstić information content (AvgIpc) is 3.07. The van der Waals surface area contributed by atoms with Crippen molar-refractivity contribution in [2.24, 2.45) is 0 Å². The summed E-state index contributed by atoms with van der Waals surface area (Å²) in [6, 6.07) is 7.83. The zero-order valence-corrected chi connectivity index (χ0v) is 13.7. The van der Waals surface area contributed by atoms with Gasteiger partial charge in [-0.15, -0.1) is 5.10 Å². The van der Waals surface area contributed by atoms with Crippen molar-refractivity contribution < 1.29 is 18.3 Å². The molecule has 0 amide bonds. The van der Waals surface area contributed by atoms with E-state index in [9.17, 15) is 8.78 Å². The van der Waals surface area contributed by atoms with E-state index in [-0.39, 0.29) is 28.3 Å². The molecule has 1 aromatic carbocycles. The van der Waals surface area contributed by atoms with Crippen LogP contribution in [-0.2, 0) is 0 Å². The highest BCUT2D eigenvalue weighted by Gasteiger charge is 2.42. The minimum absolute atomic E-state index is 0.0697. The topological polar surface area (TPSA) is 98.9 Å². The van der Waals surface area contributed by atoms with E-state index in [1.165, 1.54) is 26.2 Å². The fraction of sp³-hybridized carbons (Fsp3) is 0.312. The van der Waals surface area contributed by atoms with Crippen LogP contribution < -0.4 is 15.2 Å². The quantitative estimate of drug-likeness (QED) is 0.709. The van der Waals surface area contributed by atoms with Gasteiger partial charge in [-0.25, -0.2) is 13.8 Å². The van der Waals surface area contributed by atoms with E-state index in [2.05, 4.69) is 20.4 Å². The lowest BCUT2D eigenvalue weighted by Crippen LogP contribution is -2.30. The number of benzene rings is 1. The van der Waals surface area contributed by atoms with Gasteiger partial charge in [0, 0.05) is 18.1 Å². The minimum Gasteiger partial charge on any atom is -0.496 e. The van der Waals surface area contributed by atoms with Crippen molar-refractivity contribution >= 4 is 17.0 Å². The summed E-state index contributed by atoms with van der Waals surface area (Å²) in [5.41, 5.74) is 6.35. The second-order valence-corrected chi connectivity index (χ2v) is 5.40. The Morgan fingerprint density at radius 2 is 2.00 bits per heavy atom. The van der Waals surface area contributed by atoms with Gasteiger partial charge in [0.25, 0.3) is 5.92 Å². The normalized spacial score (nSPS) is 13.0. The number of aromatic nitrogens is 4. The van der Waals surface area contributed by atoms with E-state index in [0.29, 0.717) is 5.75 Å². The fourth-order valence-corrected chi connectivity index (χ4v) is 2.49. The van der Waals surface area contributed by atoms with Crippen LogP contribution in [0.25, 0.3) is 11.2 Å². The molecule has 132 valence electrons. The standard InChI is InChI=1S/C16H17F2N5O2/c1-3-16(17,18)14(9-6-4-5-7-10(9)24-2)25-11-8-12(19)20-15-13(11)21-23-22-15/h4-8,14H,3H2,1-2H3,(H3,19,20,21,22,23). The second kappa shape index (κ2) is 6.50. The Morgan fingerprint density at radius 1 is 1.24 bits per heavy atom. The highest BCUT2D eigenvalue weighted by Crippen LogP contribution is 2.42. The number of nitrogens with two attached hydrogens (primary N) is 1. The molecule has 0 spiro atoms. The molecule has 3 rings (SSSR count). The van der Waals surface area contributed by atoms with Crippen LogP contribution in [0.4, 0.5) is 14.6 Å². The van der Waals surface area contributed by atoms with E-state index in [0.717, 1.165) is 0 Å². The maximum absolute atomic E-state index is 14.7. The number of hydrogen-bond donors (Lipinski definition) is 2. The first-order chi connectivity index (χ1) is 12.0. The molecule has 7 nitrogen and oxygen atoms in total. The lowest BCUT2D eigenvalue weighted by atomic mass is 10.0. The van der Waals surface area contributed by atoms with Crippen molar-refractivity contribution in [1.82, 2.24) is 20.4 Å². The number of pyridine rings is 1. The fourth-order valence-electron chi connectivity index (χ4n) is 2.49. The maximum Gasteiger partial charge on any atom is 0.288 e. The highest BCUT2D eigenvalue weighted by atomic mass is 19.3. The van der Waals surface area contributed by atoms with Gasteiger partial charge in [-0.2, -0.15) is 10.3 Å². The van der Waals surface area contributed by atoms with E-state index < -0.39 is 18.4 Å². The first-order valence-corrected chi connectivity index (χ1v) is 7.60. The van der Waals surface area contributed by atoms with E-state index in [1.54, 1.807) is 18.2 Å². The van der Waals surface area contributed by atoms with Crippen LogP contribution in [-0.4, -0.2) is 33.4 Å². The average molecular weight is 349 g/mol. The van der Waals surface area contributed by atoms with E-state index in [4.69, 9.17) is 15.2 Å². The van der Waals surface area contributed by atoms with Crippen LogP contribution in [0, 0.1) is 0 Å². The number of nitrogen functional groups attached to an aromatic ring is 1. The van der Waals surface area contributed by atoms with Gasteiger partial charge in [-0.3, -0.25) is 0 Å². The van der Waals surface area contributed by atoms with Gasteiger partial charge in [0.2, 0.25) is 5.65 Å². The van der Waals surface area contributed by atoms with E-state index in [1.807, 2.05) is 0 Å². The summed E-state index contributed by atoms with van der Waals surface area (Å²) in [5, 5.41) is 10.1. The van der Waals surface area contributed by atoms with E-state index >= 15 is 0 Å². The number of rotatable bonds is 6. The van der Waals surface area contributed by atoms with Gasteiger partial charge in [-0.1, -0.05) is 25.1 Å². The smallest absolute Gasteiger partial charge is 0.288 e. The number of hydrogen-bond acceptors (Lipinski definition) is 6. The first kappa shape index (κ1) is 16.9. The molecule has 0 aliphatic carbocycles. The number of aromatic amines is 1. The Balaban J connectivity index is 2.11. The third kappa shape index (κ3) is 3.17. The van der Waals surface area contributed by atoms with Crippen LogP contribution in [0.3, 0.4) is 0 Å². The Morgan fingerprint density at radius 3 is 2.72 bits per heavy atom. The molecule has 0 saturated carbocycles. The molecular formula is C16H17F2N5O2. The molecule has 2 heterocycles. The Hall–Kier alpha value is -2.97. The summed E-state index contributed by atoms with van der Waals surface area (Å²) in [6.07, 6.45) is -2.01. The SMILES string of the molecule is CCC(F)(F)C(Oc1cc(N)nc2n[nH]nc12)c1ccccc1OC. The molecule has 0 fully saturated rings. The third-order valence-corrected chi connectivity index (χ3v) is 3.80. The zero-order chi connectivity index (χ0) is 18.0. The number of nitrogens with zero attached hydrogens (tertiary/aromatic N) is 3. The number of fused-ring (bicyclic) bond motifs is 1. The number of alkyl halides is 2. The van der Waals surface area contributed by atoms with Crippen LogP contribution in [0.15, 0.2) is 30.3 Å². The predicted octanol–water partition coefficient (Wildman–Crippen LogP) is 3.11. The van der Waals surface area contributed by atoms with Crippen molar-refractivity contribution in [2.75, 3.05) is 12.8 Å².